The monoisotopic (exact) mass is 280 g/mol. The van der Waals surface area contributed by atoms with E-state index in [9.17, 15) is 20.0 Å². The molecule has 1 aliphatic rings. The summed E-state index contributed by atoms with van der Waals surface area (Å²) >= 11 is 0. The summed E-state index contributed by atoms with van der Waals surface area (Å²) < 4.78 is 5.14. The van der Waals surface area contributed by atoms with Crippen LogP contribution in [0.5, 0.6) is 0 Å². The number of carbonyl (C=O) groups excluding carboxylic acids is 1. The van der Waals surface area contributed by atoms with Crippen LogP contribution in [0.25, 0.3) is 0 Å². The fourth-order valence-electron chi connectivity index (χ4n) is 2.09. The Hall–Kier alpha value is -1.99. The maximum atomic E-state index is 12.0. The molecule has 0 saturated carbocycles. The van der Waals surface area contributed by atoms with E-state index in [1.165, 1.54) is 18.2 Å². The molecule has 0 aromatic heterocycles. The van der Waals surface area contributed by atoms with E-state index >= 15 is 0 Å². The van der Waals surface area contributed by atoms with Gasteiger partial charge >= 0.3 is 0 Å². The van der Waals surface area contributed by atoms with E-state index in [0.717, 1.165) is 0 Å². The Morgan fingerprint density at radius 1 is 1.40 bits per heavy atom. The van der Waals surface area contributed by atoms with Gasteiger partial charge in [0.25, 0.3) is 11.6 Å². The van der Waals surface area contributed by atoms with Crippen molar-refractivity contribution in [2.45, 2.75) is 18.4 Å². The lowest BCUT2D eigenvalue weighted by molar-refractivity contribution is -0.385. The zero-order valence-electron chi connectivity index (χ0n) is 10.9. The van der Waals surface area contributed by atoms with Crippen LogP contribution >= 0.6 is 0 Å². The minimum atomic E-state index is -1.00. The summed E-state index contributed by atoms with van der Waals surface area (Å²) in [7, 11) is 0. The highest BCUT2D eigenvalue weighted by atomic mass is 16.6. The molecule has 0 atom stereocenters. The minimum absolute atomic E-state index is 0.00633. The van der Waals surface area contributed by atoms with Crippen molar-refractivity contribution in [3.63, 3.8) is 0 Å². The summed E-state index contributed by atoms with van der Waals surface area (Å²) in [5.41, 5.74) is -1.26. The number of aliphatic hydroxyl groups is 1. The van der Waals surface area contributed by atoms with Crippen LogP contribution in [-0.2, 0) is 4.74 Å². The molecular formula is C13H16N2O5. The van der Waals surface area contributed by atoms with E-state index in [0.29, 0.717) is 26.1 Å². The largest absolute Gasteiger partial charge is 0.388 e. The number of nitrogens with one attached hydrogen (secondary N) is 1. The predicted molar refractivity (Wildman–Crippen MR) is 70.4 cm³/mol. The van der Waals surface area contributed by atoms with Gasteiger partial charge in [-0.15, -0.1) is 0 Å². The third-order valence-electron chi connectivity index (χ3n) is 3.35. The van der Waals surface area contributed by atoms with Crippen LogP contribution in [-0.4, -0.2) is 41.3 Å². The van der Waals surface area contributed by atoms with Gasteiger partial charge in [0.1, 0.15) is 5.56 Å². The van der Waals surface area contributed by atoms with Gasteiger partial charge in [0.15, 0.2) is 0 Å². The number of carbonyl (C=O) groups is 1. The van der Waals surface area contributed by atoms with Crippen LogP contribution in [0.2, 0.25) is 0 Å². The molecule has 1 aromatic carbocycles. The van der Waals surface area contributed by atoms with E-state index in [-0.39, 0.29) is 17.8 Å². The summed E-state index contributed by atoms with van der Waals surface area (Å²) in [5.74, 6) is -0.558. The van der Waals surface area contributed by atoms with Crippen LogP contribution in [0.15, 0.2) is 24.3 Å². The van der Waals surface area contributed by atoms with Crippen molar-refractivity contribution < 1.29 is 19.6 Å². The normalized spacial score (nSPS) is 17.4. The topological polar surface area (TPSA) is 102 Å². The molecule has 0 unspecified atom stereocenters. The summed E-state index contributed by atoms with van der Waals surface area (Å²) in [6.45, 7) is 0.941. The Labute approximate surface area is 115 Å². The number of rotatable bonds is 4. The van der Waals surface area contributed by atoms with Crippen molar-refractivity contribution in [1.29, 1.82) is 0 Å². The summed E-state index contributed by atoms with van der Waals surface area (Å²) in [6.07, 6.45) is 0.869. The molecule has 1 aliphatic heterocycles. The van der Waals surface area contributed by atoms with Gasteiger partial charge in [-0.05, 0) is 6.07 Å². The second kappa shape index (κ2) is 5.98. The average molecular weight is 280 g/mol. The molecule has 7 heteroatoms. The number of para-hydroxylation sites is 1. The number of nitrogens with zero attached hydrogens (tertiary/aromatic N) is 1. The molecule has 1 fully saturated rings. The number of nitro groups is 1. The highest BCUT2D eigenvalue weighted by Crippen LogP contribution is 2.21. The van der Waals surface area contributed by atoms with Crippen molar-refractivity contribution in [3.8, 4) is 0 Å². The van der Waals surface area contributed by atoms with E-state index in [4.69, 9.17) is 4.74 Å². The van der Waals surface area contributed by atoms with Gasteiger partial charge < -0.3 is 15.2 Å². The van der Waals surface area contributed by atoms with Crippen LogP contribution in [0.4, 0.5) is 5.69 Å². The molecule has 1 amide bonds. The maximum absolute atomic E-state index is 12.0. The van der Waals surface area contributed by atoms with Crippen molar-refractivity contribution in [1.82, 2.24) is 5.32 Å². The first-order valence-corrected chi connectivity index (χ1v) is 6.34. The van der Waals surface area contributed by atoms with Crippen molar-refractivity contribution in [3.05, 3.63) is 39.9 Å². The standard InChI is InChI=1S/C13H16N2O5/c16-12(10-3-1-2-4-11(10)15(18)19)14-9-13(17)5-7-20-8-6-13/h1-4,17H,5-9H2,(H,14,16). The average Bonchev–Trinajstić information content (AvgIpc) is 2.45. The molecule has 0 radical (unpaired) electrons. The smallest absolute Gasteiger partial charge is 0.282 e. The molecular weight excluding hydrogens is 264 g/mol. The molecule has 0 aliphatic carbocycles. The molecule has 2 rings (SSSR count). The Morgan fingerprint density at radius 3 is 2.70 bits per heavy atom. The molecule has 20 heavy (non-hydrogen) atoms. The number of hydrogen-bond donors (Lipinski definition) is 2. The molecule has 0 bridgehead atoms. The van der Waals surface area contributed by atoms with Crippen molar-refractivity contribution >= 4 is 11.6 Å². The summed E-state index contributed by atoms with van der Waals surface area (Å²) in [5, 5.41) is 23.6. The third kappa shape index (κ3) is 3.31. The van der Waals surface area contributed by atoms with E-state index in [1.807, 2.05) is 0 Å². The highest BCUT2D eigenvalue weighted by molar-refractivity contribution is 5.98. The lowest BCUT2D eigenvalue weighted by atomic mass is 9.94. The lowest BCUT2D eigenvalue weighted by Gasteiger charge is -2.32. The number of nitro benzene ring substituents is 1. The summed E-state index contributed by atoms with van der Waals surface area (Å²) in [4.78, 5) is 22.3. The van der Waals surface area contributed by atoms with Gasteiger partial charge in [0.05, 0.1) is 10.5 Å². The van der Waals surface area contributed by atoms with Gasteiger partial charge in [-0.3, -0.25) is 14.9 Å². The van der Waals surface area contributed by atoms with Crippen molar-refractivity contribution in [2.75, 3.05) is 19.8 Å². The molecule has 108 valence electrons. The minimum Gasteiger partial charge on any atom is -0.388 e. The van der Waals surface area contributed by atoms with Gasteiger partial charge in [-0.2, -0.15) is 0 Å². The quantitative estimate of drug-likeness (QED) is 0.629. The van der Waals surface area contributed by atoms with E-state index < -0.39 is 16.4 Å². The van der Waals surface area contributed by atoms with Gasteiger partial charge in [0.2, 0.25) is 0 Å². The maximum Gasteiger partial charge on any atom is 0.282 e. The first kappa shape index (κ1) is 14.4. The fourth-order valence-corrected chi connectivity index (χ4v) is 2.09. The number of benzene rings is 1. The molecule has 2 N–H and O–H groups in total. The Morgan fingerprint density at radius 2 is 2.05 bits per heavy atom. The molecule has 1 heterocycles. The van der Waals surface area contributed by atoms with E-state index in [2.05, 4.69) is 5.32 Å². The third-order valence-corrected chi connectivity index (χ3v) is 3.35. The highest BCUT2D eigenvalue weighted by Gasteiger charge is 2.31. The zero-order valence-corrected chi connectivity index (χ0v) is 10.9. The predicted octanol–water partition coefficient (Wildman–Crippen LogP) is 0.866. The number of ether oxygens (including phenoxy) is 1. The Bertz CT molecular complexity index is 511. The van der Waals surface area contributed by atoms with Crippen LogP contribution < -0.4 is 5.32 Å². The van der Waals surface area contributed by atoms with Crippen LogP contribution in [0, 0.1) is 10.1 Å². The lowest BCUT2D eigenvalue weighted by Crippen LogP contribution is -2.46. The van der Waals surface area contributed by atoms with E-state index in [1.54, 1.807) is 6.07 Å². The fraction of sp³-hybridized carbons (Fsp3) is 0.462. The second-order valence-electron chi connectivity index (χ2n) is 4.79. The zero-order chi connectivity index (χ0) is 14.6. The molecule has 0 spiro atoms. The first-order valence-electron chi connectivity index (χ1n) is 6.34. The number of amides is 1. The Balaban J connectivity index is 2.03. The van der Waals surface area contributed by atoms with Crippen LogP contribution in [0.1, 0.15) is 23.2 Å². The van der Waals surface area contributed by atoms with Crippen LogP contribution in [0.3, 0.4) is 0 Å². The molecule has 1 aromatic rings. The van der Waals surface area contributed by atoms with Gasteiger partial charge in [0, 0.05) is 38.7 Å². The molecule has 7 nitrogen and oxygen atoms in total. The van der Waals surface area contributed by atoms with Crippen molar-refractivity contribution in [2.24, 2.45) is 0 Å². The first-order chi connectivity index (χ1) is 9.52. The van der Waals surface area contributed by atoms with Gasteiger partial charge in [-0.25, -0.2) is 0 Å². The SMILES string of the molecule is O=C(NCC1(O)CCOCC1)c1ccccc1[N+](=O)[O-]. The molecule has 1 saturated heterocycles. The Kier molecular flexibility index (Phi) is 4.31. The number of hydrogen-bond acceptors (Lipinski definition) is 5. The summed E-state index contributed by atoms with van der Waals surface area (Å²) in [6, 6.07) is 5.73. The van der Waals surface area contributed by atoms with Gasteiger partial charge in [-0.1, -0.05) is 12.1 Å². The second-order valence-corrected chi connectivity index (χ2v) is 4.79.